The largest absolute Gasteiger partial charge is 0.478 e. The van der Waals surface area contributed by atoms with Gasteiger partial charge in [-0.2, -0.15) is 0 Å². The summed E-state index contributed by atoms with van der Waals surface area (Å²) in [4.78, 5) is 51.2. The molecule has 0 spiro atoms. The van der Waals surface area contributed by atoms with Crippen LogP contribution < -0.4 is 10.6 Å². The number of aromatic nitrogens is 4. The molecule has 6 rings (SSSR count). The van der Waals surface area contributed by atoms with Gasteiger partial charge in [0.1, 0.15) is 30.5 Å². The van der Waals surface area contributed by atoms with Crippen molar-refractivity contribution in [3.63, 3.8) is 0 Å². The van der Waals surface area contributed by atoms with Gasteiger partial charge in [-0.3, -0.25) is 14.7 Å². The van der Waals surface area contributed by atoms with Gasteiger partial charge >= 0.3 is 12.0 Å². The maximum atomic E-state index is 14.9. The summed E-state index contributed by atoms with van der Waals surface area (Å²) >= 11 is 0. The maximum absolute atomic E-state index is 14.9. The second-order valence-corrected chi connectivity index (χ2v) is 10.9. The number of carbonyl (C=O) groups is 3. The van der Waals surface area contributed by atoms with E-state index in [2.05, 4.69) is 25.6 Å². The SMILES string of the molecule is CCNC(=O)Nc1ncnc2c1ncn2C1OC(CN(Cc2c(F)cccc2C(=O)O)C(C)=O)C2O[C@H](C=Cc3ccccc3)OC21. The van der Waals surface area contributed by atoms with Gasteiger partial charge in [0, 0.05) is 32.1 Å². The molecular formula is C32H32FN7O7. The van der Waals surface area contributed by atoms with Crippen LogP contribution in [0.2, 0.25) is 0 Å². The average Bonchev–Trinajstić information content (AvgIpc) is 3.76. The first kappa shape index (κ1) is 31.7. The number of carboxylic acids is 1. The minimum atomic E-state index is -1.31. The molecule has 2 aromatic heterocycles. The molecule has 47 heavy (non-hydrogen) atoms. The Morgan fingerprint density at radius 1 is 1.04 bits per heavy atom. The quantitative estimate of drug-likeness (QED) is 0.232. The van der Waals surface area contributed by atoms with Crippen LogP contribution in [-0.2, 0) is 25.5 Å². The lowest BCUT2D eigenvalue weighted by atomic mass is 10.1. The predicted molar refractivity (Wildman–Crippen MR) is 165 cm³/mol. The lowest BCUT2D eigenvalue weighted by Gasteiger charge is -2.27. The number of hydrogen-bond donors (Lipinski definition) is 3. The zero-order valence-electron chi connectivity index (χ0n) is 25.4. The van der Waals surface area contributed by atoms with E-state index in [4.69, 9.17) is 14.2 Å². The van der Waals surface area contributed by atoms with E-state index in [1.165, 1.54) is 36.6 Å². The van der Waals surface area contributed by atoms with Crippen molar-refractivity contribution in [1.29, 1.82) is 0 Å². The van der Waals surface area contributed by atoms with Crippen molar-refractivity contribution in [3.8, 4) is 0 Å². The lowest BCUT2D eigenvalue weighted by molar-refractivity contribution is -0.142. The van der Waals surface area contributed by atoms with Crippen molar-refractivity contribution >= 4 is 41.0 Å². The molecule has 0 aliphatic carbocycles. The average molecular weight is 646 g/mol. The summed E-state index contributed by atoms with van der Waals surface area (Å²) in [6.45, 7) is 3.14. The summed E-state index contributed by atoms with van der Waals surface area (Å²) in [6.07, 6.45) is 2.63. The first-order valence-corrected chi connectivity index (χ1v) is 14.9. The Hall–Kier alpha value is -5.25. The van der Waals surface area contributed by atoms with Gasteiger partial charge < -0.3 is 29.5 Å². The number of anilines is 1. The molecule has 15 heteroatoms. The number of nitrogens with zero attached hydrogens (tertiary/aromatic N) is 5. The highest BCUT2D eigenvalue weighted by atomic mass is 19.1. The molecule has 5 atom stereocenters. The number of rotatable bonds is 10. The number of carbonyl (C=O) groups excluding carboxylic acids is 2. The highest BCUT2D eigenvalue weighted by Crippen LogP contribution is 2.41. The highest BCUT2D eigenvalue weighted by Gasteiger charge is 2.54. The molecule has 244 valence electrons. The molecule has 3 N–H and O–H groups in total. The number of carboxylic acid groups (broad SMARTS) is 1. The summed E-state index contributed by atoms with van der Waals surface area (Å²) in [5, 5.41) is 15.0. The van der Waals surface area contributed by atoms with Gasteiger partial charge in [0.2, 0.25) is 5.91 Å². The van der Waals surface area contributed by atoms with Gasteiger partial charge in [-0.05, 0) is 30.7 Å². The molecule has 0 saturated carbocycles. The normalized spacial score (nSPS) is 22.0. The van der Waals surface area contributed by atoms with E-state index in [-0.39, 0.29) is 30.0 Å². The molecule has 2 fully saturated rings. The van der Waals surface area contributed by atoms with Crippen molar-refractivity contribution in [3.05, 3.63) is 89.8 Å². The van der Waals surface area contributed by atoms with E-state index in [1.54, 1.807) is 17.6 Å². The summed E-state index contributed by atoms with van der Waals surface area (Å²) in [7, 11) is 0. The van der Waals surface area contributed by atoms with Gasteiger partial charge in [-0.15, -0.1) is 0 Å². The topological polar surface area (TPSA) is 170 Å². The Morgan fingerprint density at radius 2 is 1.83 bits per heavy atom. The third kappa shape index (κ3) is 6.67. The molecule has 0 bridgehead atoms. The molecule has 2 aliphatic rings. The molecule has 0 radical (unpaired) electrons. The first-order valence-electron chi connectivity index (χ1n) is 14.9. The Balaban J connectivity index is 1.31. The van der Waals surface area contributed by atoms with Crippen LogP contribution in [0.5, 0.6) is 0 Å². The number of halogens is 1. The molecule has 4 unspecified atom stereocenters. The minimum absolute atomic E-state index is 0.0650. The molecular weight excluding hydrogens is 613 g/mol. The van der Waals surface area contributed by atoms with E-state index in [9.17, 15) is 23.9 Å². The number of nitrogens with one attached hydrogen (secondary N) is 2. The van der Waals surface area contributed by atoms with Crippen molar-refractivity contribution < 1.29 is 38.1 Å². The third-order valence-corrected chi connectivity index (χ3v) is 7.86. The molecule has 2 saturated heterocycles. The van der Waals surface area contributed by atoms with E-state index in [0.717, 1.165) is 11.6 Å². The maximum Gasteiger partial charge on any atom is 0.336 e. The van der Waals surface area contributed by atoms with Crippen LogP contribution in [0.4, 0.5) is 15.0 Å². The van der Waals surface area contributed by atoms with Crippen LogP contribution in [0.3, 0.4) is 0 Å². The molecule has 4 aromatic rings. The highest BCUT2D eigenvalue weighted by molar-refractivity contribution is 5.95. The molecule has 3 amide bonds. The monoisotopic (exact) mass is 645 g/mol. The van der Waals surface area contributed by atoms with Crippen LogP contribution in [-0.4, -0.2) is 85.1 Å². The van der Waals surface area contributed by atoms with Gasteiger partial charge in [-0.25, -0.2) is 28.9 Å². The summed E-state index contributed by atoms with van der Waals surface area (Å²) in [5.41, 5.74) is 1.23. The zero-order chi connectivity index (χ0) is 33.1. The number of benzene rings is 2. The van der Waals surface area contributed by atoms with Crippen LogP contribution in [0.15, 0.2) is 67.3 Å². The fourth-order valence-electron chi connectivity index (χ4n) is 5.65. The van der Waals surface area contributed by atoms with Crippen LogP contribution in [0, 0.1) is 5.82 Å². The number of fused-ring (bicyclic) bond motifs is 2. The van der Waals surface area contributed by atoms with Gasteiger partial charge in [0.25, 0.3) is 0 Å². The van der Waals surface area contributed by atoms with E-state index in [1.807, 2.05) is 36.4 Å². The second kappa shape index (κ2) is 13.6. The summed E-state index contributed by atoms with van der Waals surface area (Å²) in [5.74, 6) is -2.28. The van der Waals surface area contributed by atoms with Crippen molar-refractivity contribution in [2.45, 2.75) is 51.2 Å². The van der Waals surface area contributed by atoms with Crippen LogP contribution in [0.1, 0.15) is 41.6 Å². The zero-order valence-corrected chi connectivity index (χ0v) is 25.4. The summed E-state index contributed by atoms with van der Waals surface area (Å²) < 4.78 is 35.6. The van der Waals surface area contributed by atoms with Crippen molar-refractivity contribution in [2.24, 2.45) is 0 Å². The fraction of sp³-hybridized carbons (Fsp3) is 0.312. The number of aromatic carboxylic acids is 1. The van der Waals surface area contributed by atoms with E-state index < -0.39 is 54.6 Å². The number of imidazole rings is 1. The molecule has 14 nitrogen and oxygen atoms in total. The Labute approximate surface area is 268 Å². The van der Waals surface area contributed by atoms with E-state index in [0.29, 0.717) is 17.7 Å². The van der Waals surface area contributed by atoms with Gasteiger partial charge in [0.05, 0.1) is 11.9 Å². The number of ether oxygens (including phenoxy) is 3. The van der Waals surface area contributed by atoms with Gasteiger partial charge in [-0.1, -0.05) is 42.5 Å². The minimum Gasteiger partial charge on any atom is -0.478 e. The van der Waals surface area contributed by atoms with Crippen molar-refractivity contribution in [1.82, 2.24) is 29.7 Å². The second-order valence-electron chi connectivity index (χ2n) is 10.9. The van der Waals surface area contributed by atoms with Crippen molar-refractivity contribution in [2.75, 3.05) is 18.4 Å². The number of urea groups is 1. The Bertz CT molecular complexity index is 1820. The Morgan fingerprint density at radius 3 is 2.57 bits per heavy atom. The fourth-order valence-corrected chi connectivity index (χ4v) is 5.65. The van der Waals surface area contributed by atoms with E-state index >= 15 is 0 Å². The smallest absolute Gasteiger partial charge is 0.336 e. The first-order chi connectivity index (χ1) is 22.7. The third-order valence-electron chi connectivity index (χ3n) is 7.86. The number of hydrogen-bond acceptors (Lipinski definition) is 9. The van der Waals surface area contributed by atoms with Crippen LogP contribution >= 0.6 is 0 Å². The summed E-state index contributed by atoms with van der Waals surface area (Å²) in [6, 6.07) is 12.9. The number of amides is 3. The molecule has 2 aromatic carbocycles. The molecule has 2 aliphatic heterocycles. The Kier molecular flexibility index (Phi) is 9.19. The predicted octanol–water partition coefficient (Wildman–Crippen LogP) is 3.57. The van der Waals surface area contributed by atoms with Crippen LogP contribution in [0.25, 0.3) is 17.2 Å². The molecule has 4 heterocycles. The van der Waals surface area contributed by atoms with Gasteiger partial charge in [0.15, 0.2) is 29.5 Å². The standard InChI is InChI=1S/C32H32FN7O7/c1-3-34-32(44)38-28-25-29(36-16-35-28)40(17-37-25)30-27-26(46-24(47-27)13-12-19-8-5-4-6-9-19)23(45-30)15-39(18(2)41)14-21-20(31(42)43)10-7-11-22(21)33/h4-13,16-17,23-24,26-27,30H,3,14-15H2,1-2H3,(H,42,43)(H2,34,35,36,38,44)/t23?,24-,26?,27?,30?/m0/s1. The lowest BCUT2D eigenvalue weighted by Crippen LogP contribution is -2.41.